The number of nitrogens with one attached hydrogen (secondary N) is 1. The van der Waals surface area contributed by atoms with E-state index in [2.05, 4.69) is 5.32 Å². The molecule has 0 saturated heterocycles. The van der Waals surface area contributed by atoms with Crippen LogP contribution in [0.5, 0.6) is 5.75 Å². The average Bonchev–Trinajstić information content (AvgIpc) is 3.01. The van der Waals surface area contributed by atoms with Crippen LogP contribution in [0.1, 0.15) is 25.8 Å². The fraction of sp³-hybridized carbons (Fsp3) is 0.304. The Balaban J connectivity index is 1.91. The van der Waals surface area contributed by atoms with Gasteiger partial charge in [-0.1, -0.05) is 0 Å². The van der Waals surface area contributed by atoms with Crippen molar-refractivity contribution in [3.05, 3.63) is 69.9 Å². The number of nitro groups is 1. The van der Waals surface area contributed by atoms with Crippen LogP contribution in [0.4, 0.5) is 11.4 Å². The van der Waals surface area contributed by atoms with E-state index in [0.717, 1.165) is 0 Å². The number of anilines is 1. The van der Waals surface area contributed by atoms with E-state index in [0.29, 0.717) is 30.0 Å². The number of hydrogen-bond donors (Lipinski definition) is 1. The summed E-state index contributed by atoms with van der Waals surface area (Å²) in [7, 11) is 1.55. The molecule has 0 fully saturated rings. The molecule has 1 N–H and O–H groups in total. The van der Waals surface area contributed by atoms with Gasteiger partial charge >= 0.3 is 0 Å². The van der Waals surface area contributed by atoms with Gasteiger partial charge in [0.25, 0.3) is 17.5 Å². The lowest BCUT2D eigenvalue weighted by atomic mass is 10.0. The number of nitrogens with zero attached hydrogens (tertiary/aromatic N) is 2. The Labute approximate surface area is 185 Å². The van der Waals surface area contributed by atoms with Gasteiger partial charge < -0.3 is 14.8 Å². The van der Waals surface area contributed by atoms with E-state index in [1.165, 1.54) is 29.2 Å². The summed E-state index contributed by atoms with van der Waals surface area (Å²) in [6, 6.07) is 12.5. The molecule has 2 aromatic rings. The van der Waals surface area contributed by atoms with Crippen LogP contribution in [0.25, 0.3) is 5.57 Å². The van der Waals surface area contributed by atoms with E-state index in [1.807, 2.05) is 13.8 Å². The number of rotatable bonds is 10. The summed E-state index contributed by atoms with van der Waals surface area (Å²) < 4.78 is 10.7. The first-order valence-electron chi connectivity index (χ1n) is 10.2. The molecule has 0 aliphatic carbocycles. The second-order valence-corrected chi connectivity index (χ2v) is 7.44. The van der Waals surface area contributed by atoms with Crippen LogP contribution >= 0.6 is 0 Å². The number of hydrogen-bond acceptors (Lipinski definition) is 7. The van der Waals surface area contributed by atoms with Crippen LogP contribution in [-0.2, 0) is 14.3 Å². The van der Waals surface area contributed by atoms with Crippen molar-refractivity contribution in [2.24, 2.45) is 0 Å². The Morgan fingerprint density at radius 3 is 2.25 bits per heavy atom. The maximum Gasteiger partial charge on any atom is 0.278 e. The summed E-state index contributed by atoms with van der Waals surface area (Å²) in [6.07, 6.45) is 0.556. The molecular formula is C23H25N3O6. The van der Waals surface area contributed by atoms with Crippen molar-refractivity contribution in [1.29, 1.82) is 0 Å². The van der Waals surface area contributed by atoms with Crippen molar-refractivity contribution in [1.82, 2.24) is 4.90 Å². The lowest BCUT2D eigenvalue weighted by Gasteiger charge is -2.16. The van der Waals surface area contributed by atoms with E-state index in [-0.39, 0.29) is 29.6 Å². The van der Waals surface area contributed by atoms with Gasteiger partial charge in [0.1, 0.15) is 11.4 Å². The molecule has 0 aromatic heterocycles. The number of benzene rings is 2. The number of non-ortho nitro benzene ring substituents is 1. The minimum absolute atomic E-state index is 0.0566. The van der Waals surface area contributed by atoms with Gasteiger partial charge in [-0.15, -0.1) is 0 Å². The van der Waals surface area contributed by atoms with E-state index >= 15 is 0 Å². The van der Waals surface area contributed by atoms with Crippen molar-refractivity contribution in [2.45, 2.75) is 26.4 Å². The van der Waals surface area contributed by atoms with Gasteiger partial charge in [-0.2, -0.15) is 0 Å². The molecule has 1 heterocycles. The molecule has 1 aliphatic rings. The number of imide groups is 1. The van der Waals surface area contributed by atoms with Gasteiger partial charge in [-0.25, -0.2) is 0 Å². The van der Waals surface area contributed by atoms with Crippen molar-refractivity contribution in [3.8, 4) is 5.75 Å². The summed E-state index contributed by atoms with van der Waals surface area (Å²) in [5.74, 6) is -0.256. The molecule has 2 aromatic carbocycles. The van der Waals surface area contributed by atoms with Gasteiger partial charge in [0.05, 0.1) is 23.7 Å². The Kier molecular flexibility index (Phi) is 7.21. The van der Waals surface area contributed by atoms with E-state index in [1.54, 1.807) is 31.4 Å². The first kappa shape index (κ1) is 23.0. The normalized spacial score (nSPS) is 13.8. The molecule has 168 valence electrons. The van der Waals surface area contributed by atoms with Crippen LogP contribution in [0.15, 0.2) is 54.2 Å². The summed E-state index contributed by atoms with van der Waals surface area (Å²) in [6.45, 7) is 4.45. The molecule has 32 heavy (non-hydrogen) atoms. The monoisotopic (exact) mass is 439 g/mol. The Morgan fingerprint density at radius 1 is 1.03 bits per heavy atom. The highest BCUT2D eigenvalue weighted by Crippen LogP contribution is 2.32. The number of methoxy groups -OCH3 is 1. The van der Waals surface area contributed by atoms with Crippen LogP contribution < -0.4 is 10.1 Å². The Morgan fingerprint density at radius 2 is 1.69 bits per heavy atom. The van der Waals surface area contributed by atoms with Crippen LogP contribution in [-0.4, -0.2) is 48.0 Å². The molecule has 9 heteroatoms. The van der Waals surface area contributed by atoms with Gasteiger partial charge in [-0.3, -0.25) is 24.6 Å². The maximum absolute atomic E-state index is 13.2. The van der Waals surface area contributed by atoms with Crippen molar-refractivity contribution in [3.63, 3.8) is 0 Å². The van der Waals surface area contributed by atoms with E-state index in [9.17, 15) is 19.7 Å². The summed E-state index contributed by atoms with van der Waals surface area (Å²) >= 11 is 0. The summed E-state index contributed by atoms with van der Waals surface area (Å²) in [5, 5.41) is 14.0. The highest BCUT2D eigenvalue weighted by atomic mass is 16.6. The molecule has 0 bridgehead atoms. The first-order chi connectivity index (χ1) is 15.3. The molecule has 0 spiro atoms. The Bertz CT molecular complexity index is 1030. The lowest BCUT2D eigenvalue weighted by molar-refractivity contribution is -0.384. The second kappa shape index (κ2) is 10.1. The third-order valence-corrected chi connectivity index (χ3v) is 4.87. The molecule has 0 unspecified atom stereocenters. The predicted molar refractivity (Wildman–Crippen MR) is 119 cm³/mol. The minimum Gasteiger partial charge on any atom is -0.497 e. The lowest BCUT2D eigenvalue weighted by Crippen LogP contribution is -2.34. The largest absolute Gasteiger partial charge is 0.497 e. The molecule has 3 rings (SSSR count). The zero-order valence-electron chi connectivity index (χ0n) is 18.2. The van der Waals surface area contributed by atoms with Crippen molar-refractivity contribution >= 4 is 28.8 Å². The van der Waals surface area contributed by atoms with E-state index in [4.69, 9.17) is 9.47 Å². The minimum atomic E-state index is -0.517. The molecule has 0 atom stereocenters. The van der Waals surface area contributed by atoms with Gasteiger partial charge in [0.15, 0.2) is 0 Å². The number of ether oxygens (including phenoxy) is 2. The summed E-state index contributed by atoms with van der Waals surface area (Å²) in [5.41, 5.74) is 1.22. The predicted octanol–water partition coefficient (Wildman–Crippen LogP) is 3.61. The highest BCUT2D eigenvalue weighted by Gasteiger charge is 2.39. The standard InChI is InChI=1S/C23H25N3O6/c1-15(2)32-14-4-13-25-22(27)20(16-5-9-18(10-6-16)26(29)30)21(23(25)28)24-17-7-11-19(31-3)12-8-17/h5-12,15,24H,4,13-14H2,1-3H3. The SMILES string of the molecule is COc1ccc(NC2=C(c3ccc([N+](=O)[O-])cc3)C(=O)N(CCCOC(C)C)C2=O)cc1. The third kappa shape index (κ3) is 5.12. The Hall–Kier alpha value is -3.72. The zero-order valence-corrected chi connectivity index (χ0v) is 18.2. The summed E-state index contributed by atoms with van der Waals surface area (Å²) in [4.78, 5) is 38.0. The number of carbonyl (C=O) groups excluding carboxylic acids is 2. The molecular weight excluding hydrogens is 414 g/mol. The van der Waals surface area contributed by atoms with Crippen LogP contribution in [0.3, 0.4) is 0 Å². The molecule has 9 nitrogen and oxygen atoms in total. The van der Waals surface area contributed by atoms with Crippen molar-refractivity contribution < 1.29 is 24.0 Å². The number of carbonyl (C=O) groups is 2. The van der Waals surface area contributed by atoms with E-state index < -0.39 is 16.7 Å². The molecule has 1 aliphatic heterocycles. The quantitative estimate of drug-likeness (QED) is 0.260. The van der Waals surface area contributed by atoms with Crippen molar-refractivity contribution in [2.75, 3.05) is 25.6 Å². The highest BCUT2D eigenvalue weighted by molar-refractivity contribution is 6.36. The van der Waals surface area contributed by atoms with Crippen LogP contribution in [0.2, 0.25) is 0 Å². The molecule has 0 radical (unpaired) electrons. The van der Waals surface area contributed by atoms with Crippen LogP contribution in [0, 0.1) is 10.1 Å². The first-order valence-corrected chi connectivity index (χ1v) is 10.2. The number of nitro benzene ring substituents is 1. The molecule has 2 amide bonds. The van der Waals surface area contributed by atoms with Gasteiger partial charge in [0.2, 0.25) is 0 Å². The average molecular weight is 439 g/mol. The zero-order chi connectivity index (χ0) is 23.3. The molecule has 0 saturated carbocycles. The van der Waals surface area contributed by atoms with Gasteiger partial charge in [0, 0.05) is 31.0 Å². The fourth-order valence-corrected chi connectivity index (χ4v) is 3.27. The third-order valence-electron chi connectivity index (χ3n) is 4.87. The van der Waals surface area contributed by atoms with Gasteiger partial charge in [-0.05, 0) is 62.2 Å². The maximum atomic E-state index is 13.2. The fourth-order valence-electron chi connectivity index (χ4n) is 3.27. The topological polar surface area (TPSA) is 111 Å². The second-order valence-electron chi connectivity index (χ2n) is 7.44. The smallest absolute Gasteiger partial charge is 0.278 e. The number of amides is 2.